The van der Waals surface area contributed by atoms with Crippen LogP contribution in [0.3, 0.4) is 0 Å². The highest BCUT2D eigenvalue weighted by atomic mass is 127. The number of hydrogen-bond donors (Lipinski definition) is 2. The molecule has 2 aliphatic rings. The van der Waals surface area contributed by atoms with Gasteiger partial charge < -0.3 is 20.3 Å². The van der Waals surface area contributed by atoms with Crippen molar-refractivity contribution in [2.45, 2.75) is 64.0 Å². The molecule has 1 unspecified atom stereocenters. The molecule has 0 spiro atoms. The number of nitrogens with zero attached hydrogens (tertiary/aromatic N) is 2. The minimum absolute atomic E-state index is 0. The predicted octanol–water partition coefficient (Wildman–Crippen LogP) is 4.13. The molecule has 29 heavy (non-hydrogen) atoms. The molecule has 1 aliphatic carbocycles. The summed E-state index contributed by atoms with van der Waals surface area (Å²) in [6.45, 7) is 7.55. The van der Waals surface area contributed by atoms with E-state index in [-0.39, 0.29) is 30.1 Å². The number of aryl methyl sites for hydroxylation is 1. The first-order chi connectivity index (χ1) is 13.8. The Morgan fingerprint density at radius 2 is 2.00 bits per heavy atom. The lowest BCUT2D eigenvalue weighted by molar-refractivity contribution is 0.0398. The molecule has 5 nitrogen and oxygen atoms in total. The zero-order valence-electron chi connectivity index (χ0n) is 18.2. The van der Waals surface area contributed by atoms with Crippen molar-refractivity contribution in [3.8, 4) is 0 Å². The Labute approximate surface area is 194 Å². The van der Waals surface area contributed by atoms with Crippen LogP contribution in [0.4, 0.5) is 0 Å². The van der Waals surface area contributed by atoms with E-state index in [0.717, 1.165) is 32.0 Å². The topological polar surface area (TPSA) is 48.9 Å². The Kier molecular flexibility index (Phi) is 11.3. The Hall–Kier alpha value is -0.860. The van der Waals surface area contributed by atoms with Gasteiger partial charge >= 0.3 is 0 Å². The van der Waals surface area contributed by atoms with Crippen LogP contribution < -0.4 is 10.6 Å². The number of halogens is 1. The molecule has 1 aliphatic heterocycles. The van der Waals surface area contributed by atoms with Gasteiger partial charge in [-0.1, -0.05) is 31.2 Å². The highest BCUT2D eigenvalue weighted by molar-refractivity contribution is 14.0. The summed E-state index contributed by atoms with van der Waals surface area (Å²) < 4.78 is 6.20. The van der Waals surface area contributed by atoms with Gasteiger partial charge in [0.05, 0.1) is 6.10 Å². The monoisotopic (exact) mass is 514 g/mol. The Morgan fingerprint density at radius 1 is 1.21 bits per heavy atom. The maximum atomic E-state index is 6.20. The van der Waals surface area contributed by atoms with Crippen LogP contribution in [0, 0.1) is 0 Å². The van der Waals surface area contributed by atoms with Crippen molar-refractivity contribution in [1.82, 2.24) is 15.5 Å². The molecule has 1 aromatic rings. The Morgan fingerprint density at radius 3 is 2.76 bits per heavy atom. The highest BCUT2D eigenvalue weighted by Gasteiger charge is 2.20. The number of likely N-dealkylation sites (tertiary alicyclic amines) is 1. The largest absolute Gasteiger partial charge is 0.373 e. The minimum Gasteiger partial charge on any atom is -0.373 e. The van der Waals surface area contributed by atoms with Gasteiger partial charge in [0.2, 0.25) is 0 Å². The molecule has 0 radical (unpaired) electrons. The predicted molar refractivity (Wildman–Crippen MR) is 132 cm³/mol. The van der Waals surface area contributed by atoms with Gasteiger partial charge in [-0.3, -0.25) is 4.99 Å². The van der Waals surface area contributed by atoms with Crippen molar-refractivity contribution in [1.29, 1.82) is 0 Å². The van der Waals surface area contributed by atoms with Gasteiger partial charge in [-0.05, 0) is 62.6 Å². The number of benzene rings is 1. The van der Waals surface area contributed by atoms with Crippen molar-refractivity contribution < 1.29 is 4.74 Å². The summed E-state index contributed by atoms with van der Waals surface area (Å²) in [5, 5.41) is 7.05. The van der Waals surface area contributed by atoms with Crippen LogP contribution in [-0.2, 0) is 11.2 Å². The van der Waals surface area contributed by atoms with Crippen molar-refractivity contribution in [3.05, 3.63) is 35.4 Å². The summed E-state index contributed by atoms with van der Waals surface area (Å²) in [5.41, 5.74) is 2.86. The van der Waals surface area contributed by atoms with Crippen molar-refractivity contribution in [3.63, 3.8) is 0 Å². The SMILES string of the molecule is CCCN1CCC(NC(=NC)NCCCOC2CCCc3ccccc32)CC1.I. The van der Waals surface area contributed by atoms with Gasteiger partial charge in [0.15, 0.2) is 5.96 Å². The number of rotatable bonds is 8. The summed E-state index contributed by atoms with van der Waals surface area (Å²) in [5.74, 6) is 0.928. The van der Waals surface area contributed by atoms with E-state index in [1.807, 2.05) is 7.05 Å². The molecule has 1 heterocycles. The van der Waals surface area contributed by atoms with E-state index in [1.54, 1.807) is 0 Å². The average molecular weight is 514 g/mol. The van der Waals surface area contributed by atoms with Crippen molar-refractivity contribution in [2.75, 3.05) is 39.8 Å². The van der Waals surface area contributed by atoms with Crippen LogP contribution in [0.25, 0.3) is 0 Å². The third kappa shape index (κ3) is 7.72. The standard InChI is InChI=1S/C23H38N4O.HI/c1-3-15-27-16-12-20(13-17-27)26-23(24-2)25-14-7-18-28-22-11-6-9-19-8-4-5-10-21(19)22;/h4-5,8,10,20,22H,3,6-7,9,11-18H2,1-2H3,(H2,24,25,26);1H. The molecule has 1 fully saturated rings. The molecular weight excluding hydrogens is 475 g/mol. The van der Waals surface area contributed by atoms with E-state index in [4.69, 9.17) is 4.74 Å². The number of ether oxygens (including phenoxy) is 1. The lowest BCUT2D eigenvalue weighted by Gasteiger charge is -2.32. The van der Waals surface area contributed by atoms with Gasteiger partial charge in [0.1, 0.15) is 0 Å². The van der Waals surface area contributed by atoms with E-state index >= 15 is 0 Å². The van der Waals surface area contributed by atoms with Crippen LogP contribution in [0.15, 0.2) is 29.3 Å². The number of aliphatic imine (C=N–C) groups is 1. The van der Waals surface area contributed by atoms with Crippen LogP contribution in [0.5, 0.6) is 0 Å². The average Bonchev–Trinajstić information content (AvgIpc) is 2.74. The molecule has 0 bridgehead atoms. The van der Waals surface area contributed by atoms with Crippen LogP contribution >= 0.6 is 24.0 Å². The molecule has 2 N–H and O–H groups in total. The first-order valence-electron chi connectivity index (χ1n) is 11.2. The van der Waals surface area contributed by atoms with Crippen molar-refractivity contribution >= 4 is 29.9 Å². The second-order valence-electron chi connectivity index (χ2n) is 8.06. The Bertz CT molecular complexity index is 617. The third-order valence-electron chi connectivity index (χ3n) is 5.94. The van der Waals surface area contributed by atoms with Gasteiger partial charge in [-0.2, -0.15) is 0 Å². The molecule has 0 saturated carbocycles. The van der Waals surface area contributed by atoms with Gasteiger partial charge in [-0.15, -0.1) is 24.0 Å². The second kappa shape index (κ2) is 13.4. The van der Waals surface area contributed by atoms with Crippen molar-refractivity contribution in [2.24, 2.45) is 4.99 Å². The van der Waals surface area contributed by atoms with Gasteiger partial charge in [0, 0.05) is 39.3 Å². The number of piperidine rings is 1. The van der Waals surface area contributed by atoms with Crippen LogP contribution in [-0.4, -0.2) is 56.7 Å². The van der Waals surface area contributed by atoms with Gasteiger partial charge in [-0.25, -0.2) is 0 Å². The Balaban J connectivity index is 0.00000300. The molecule has 1 saturated heterocycles. The molecule has 0 amide bonds. The summed E-state index contributed by atoms with van der Waals surface area (Å²) in [6.07, 6.45) is 8.48. The maximum Gasteiger partial charge on any atom is 0.191 e. The van der Waals surface area contributed by atoms with E-state index in [1.165, 1.54) is 62.9 Å². The number of guanidine groups is 1. The zero-order chi connectivity index (χ0) is 19.6. The molecule has 6 heteroatoms. The summed E-state index contributed by atoms with van der Waals surface area (Å²) in [6, 6.07) is 9.28. The molecule has 164 valence electrons. The zero-order valence-corrected chi connectivity index (χ0v) is 20.5. The summed E-state index contributed by atoms with van der Waals surface area (Å²) >= 11 is 0. The quantitative estimate of drug-likeness (QED) is 0.237. The number of fused-ring (bicyclic) bond motifs is 1. The smallest absolute Gasteiger partial charge is 0.191 e. The maximum absolute atomic E-state index is 6.20. The normalized spacial score (nSPS) is 20.6. The van der Waals surface area contributed by atoms with Crippen LogP contribution in [0.1, 0.15) is 62.7 Å². The van der Waals surface area contributed by atoms with E-state index < -0.39 is 0 Å². The molecule has 1 atom stereocenters. The first-order valence-corrected chi connectivity index (χ1v) is 11.2. The molecule has 3 rings (SSSR count). The van der Waals surface area contributed by atoms with E-state index in [2.05, 4.69) is 51.7 Å². The van der Waals surface area contributed by atoms with Crippen LogP contribution in [0.2, 0.25) is 0 Å². The highest BCUT2D eigenvalue weighted by Crippen LogP contribution is 2.32. The van der Waals surface area contributed by atoms with E-state index in [9.17, 15) is 0 Å². The summed E-state index contributed by atoms with van der Waals surface area (Å²) in [4.78, 5) is 6.96. The minimum atomic E-state index is 0. The number of nitrogens with one attached hydrogen (secondary N) is 2. The van der Waals surface area contributed by atoms with E-state index in [0.29, 0.717) is 6.04 Å². The molecule has 0 aromatic heterocycles. The lowest BCUT2D eigenvalue weighted by Crippen LogP contribution is -2.49. The fourth-order valence-corrected chi connectivity index (χ4v) is 4.39. The fraction of sp³-hybridized carbons (Fsp3) is 0.696. The molecular formula is C23H39IN4O. The third-order valence-corrected chi connectivity index (χ3v) is 5.94. The molecule has 1 aromatic carbocycles. The first kappa shape index (κ1) is 24.4. The fourth-order valence-electron chi connectivity index (χ4n) is 4.39. The summed E-state index contributed by atoms with van der Waals surface area (Å²) in [7, 11) is 1.86. The number of hydrogen-bond acceptors (Lipinski definition) is 3. The second-order valence-corrected chi connectivity index (χ2v) is 8.06. The lowest BCUT2D eigenvalue weighted by atomic mass is 9.89. The van der Waals surface area contributed by atoms with Gasteiger partial charge in [0.25, 0.3) is 0 Å².